The molecule has 0 aliphatic carbocycles. The van der Waals surface area contributed by atoms with Crippen molar-refractivity contribution in [2.75, 3.05) is 5.32 Å². The van der Waals surface area contributed by atoms with Crippen molar-refractivity contribution in [2.45, 2.75) is 46.6 Å². The first-order valence-electron chi connectivity index (χ1n) is 9.58. The van der Waals surface area contributed by atoms with Crippen LogP contribution >= 0.6 is 15.9 Å². The van der Waals surface area contributed by atoms with Gasteiger partial charge in [0.05, 0.1) is 10.6 Å². The number of nitrogens with one attached hydrogen (secondary N) is 3. The molecule has 2 aromatic carbocycles. The van der Waals surface area contributed by atoms with Gasteiger partial charge in [0.1, 0.15) is 5.75 Å². The van der Waals surface area contributed by atoms with Crippen molar-refractivity contribution in [3.63, 3.8) is 0 Å². The average Bonchev–Trinajstić information content (AvgIpc) is 2.68. The number of amides is 3. The first-order valence-corrected chi connectivity index (χ1v) is 10.4. The molecule has 2 rings (SSSR count). The lowest BCUT2D eigenvalue weighted by atomic mass is 10.1. The number of carbonyl (C=O) groups excluding carboxylic acids is 3. The first-order chi connectivity index (χ1) is 14.2. The Bertz CT molecular complexity index is 944. The van der Waals surface area contributed by atoms with Crippen LogP contribution in [0.5, 0.6) is 5.75 Å². The van der Waals surface area contributed by atoms with E-state index >= 15 is 0 Å². The zero-order valence-electron chi connectivity index (χ0n) is 17.5. The maximum absolute atomic E-state index is 12.2. The van der Waals surface area contributed by atoms with Crippen molar-refractivity contribution in [2.24, 2.45) is 0 Å². The highest BCUT2D eigenvalue weighted by molar-refractivity contribution is 9.10. The van der Waals surface area contributed by atoms with Crippen molar-refractivity contribution in [3.05, 3.63) is 57.6 Å². The van der Waals surface area contributed by atoms with E-state index in [-0.39, 0.29) is 24.9 Å². The number of hydrogen-bond donors (Lipinski definition) is 3. The summed E-state index contributed by atoms with van der Waals surface area (Å²) in [6.07, 6.45) is -0.0454. The van der Waals surface area contributed by atoms with E-state index in [0.717, 1.165) is 11.1 Å². The molecule has 3 amide bonds. The number of rotatable bonds is 7. The molecule has 3 N–H and O–H groups in total. The fraction of sp³-hybridized carbons (Fsp3) is 0.318. The van der Waals surface area contributed by atoms with E-state index in [9.17, 15) is 14.4 Å². The summed E-state index contributed by atoms with van der Waals surface area (Å²) in [5.41, 5.74) is 7.91. The van der Waals surface area contributed by atoms with E-state index in [1.807, 2.05) is 45.9 Å². The van der Waals surface area contributed by atoms with Crippen LogP contribution in [0.15, 0.2) is 40.9 Å². The van der Waals surface area contributed by atoms with Gasteiger partial charge < -0.3 is 10.1 Å². The quantitative estimate of drug-likeness (QED) is 0.526. The topological polar surface area (TPSA) is 96.5 Å². The van der Waals surface area contributed by atoms with Gasteiger partial charge in [-0.1, -0.05) is 6.07 Å². The number of halogens is 1. The third kappa shape index (κ3) is 7.18. The lowest BCUT2D eigenvalue weighted by molar-refractivity contribution is -0.124. The van der Waals surface area contributed by atoms with E-state index in [4.69, 9.17) is 4.74 Å². The summed E-state index contributed by atoms with van der Waals surface area (Å²) in [6, 6.07) is 10.5. The number of aryl methyl sites for hydroxylation is 2. The molecule has 8 heteroatoms. The number of ether oxygens (including phenoxy) is 1. The van der Waals surface area contributed by atoms with Crippen LogP contribution in [-0.4, -0.2) is 23.8 Å². The molecular formula is C22H26BrN3O4. The Morgan fingerprint density at radius 1 is 0.933 bits per heavy atom. The molecule has 0 radical (unpaired) electrons. The third-order valence-electron chi connectivity index (χ3n) is 4.24. The number of carbonyl (C=O) groups is 3. The number of hydrazine groups is 1. The fourth-order valence-electron chi connectivity index (χ4n) is 2.52. The minimum atomic E-state index is -0.472. The summed E-state index contributed by atoms with van der Waals surface area (Å²) in [5.74, 6) is -0.582. The van der Waals surface area contributed by atoms with Crippen molar-refractivity contribution < 1.29 is 19.1 Å². The highest BCUT2D eigenvalue weighted by atomic mass is 79.9. The van der Waals surface area contributed by atoms with E-state index in [1.165, 1.54) is 0 Å². The molecule has 0 spiro atoms. The van der Waals surface area contributed by atoms with Gasteiger partial charge in [0.25, 0.3) is 5.91 Å². The van der Waals surface area contributed by atoms with Crippen LogP contribution in [0, 0.1) is 13.8 Å². The van der Waals surface area contributed by atoms with Crippen LogP contribution in [0.25, 0.3) is 0 Å². The van der Waals surface area contributed by atoms with Crippen LogP contribution in [0.4, 0.5) is 5.69 Å². The third-order valence-corrected chi connectivity index (χ3v) is 4.86. The van der Waals surface area contributed by atoms with Crippen LogP contribution in [0.1, 0.15) is 48.2 Å². The highest BCUT2D eigenvalue weighted by Crippen LogP contribution is 2.26. The standard InChI is InChI=1S/C22H26BrN3O4/c1-13(2)30-19-8-6-16(12-18(19)23)22(29)26-25-21(28)10-9-20(27)24-17-7-5-14(3)15(4)11-17/h5-8,11-13H,9-10H2,1-4H3,(H,24,27)(H,25,28)(H,26,29). The summed E-state index contributed by atoms with van der Waals surface area (Å²) in [6.45, 7) is 7.77. The normalized spacial score (nSPS) is 10.5. The molecule has 0 aliphatic rings. The largest absolute Gasteiger partial charge is 0.490 e. The second-order valence-electron chi connectivity index (χ2n) is 7.16. The number of hydrogen-bond acceptors (Lipinski definition) is 4. The summed E-state index contributed by atoms with van der Waals surface area (Å²) >= 11 is 3.36. The van der Waals surface area contributed by atoms with Gasteiger partial charge in [0.15, 0.2) is 0 Å². The zero-order chi connectivity index (χ0) is 22.3. The van der Waals surface area contributed by atoms with Gasteiger partial charge in [-0.05, 0) is 85.1 Å². The van der Waals surface area contributed by atoms with Crippen molar-refractivity contribution in [1.82, 2.24) is 10.9 Å². The molecule has 0 saturated heterocycles. The molecule has 0 bridgehead atoms. The summed E-state index contributed by atoms with van der Waals surface area (Å²) < 4.78 is 6.24. The van der Waals surface area contributed by atoms with Crippen molar-refractivity contribution in [1.29, 1.82) is 0 Å². The van der Waals surface area contributed by atoms with Gasteiger partial charge in [0.2, 0.25) is 11.8 Å². The van der Waals surface area contributed by atoms with Crippen LogP contribution in [-0.2, 0) is 9.59 Å². The Balaban J connectivity index is 1.78. The molecule has 7 nitrogen and oxygen atoms in total. The molecule has 2 aromatic rings. The van der Waals surface area contributed by atoms with E-state index in [2.05, 4.69) is 32.1 Å². The maximum Gasteiger partial charge on any atom is 0.269 e. The predicted octanol–water partition coefficient (Wildman–Crippen LogP) is 4.03. The lowest BCUT2D eigenvalue weighted by Crippen LogP contribution is -2.41. The van der Waals surface area contributed by atoms with Crippen molar-refractivity contribution >= 4 is 39.3 Å². The molecule has 0 aliphatic heterocycles. The Morgan fingerprint density at radius 3 is 2.27 bits per heavy atom. The summed E-state index contributed by atoms with van der Waals surface area (Å²) in [5, 5.41) is 2.76. The van der Waals surface area contributed by atoms with Crippen molar-refractivity contribution in [3.8, 4) is 5.75 Å². The molecule has 0 heterocycles. The zero-order valence-corrected chi connectivity index (χ0v) is 19.1. The van der Waals surface area contributed by atoms with E-state index < -0.39 is 11.8 Å². The van der Waals surface area contributed by atoms with Gasteiger partial charge in [-0.3, -0.25) is 25.2 Å². The first kappa shape index (κ1) is 23.4. The van der Waals surface area contributed by atoms with Gasteiger partial charge in [-0.15, -0.1) is 0 Å². The second-order valence-corrected chi connectivity index (χ2v) is 8.02. The lowest BCUT2D eigenvalue weighted by Gasteiger charge is -2.13. The molecule has 0 aromatic heterocycles. The minimum Gasteiger partial charge on any atom is -0.490 e. The Labute approximate surface area is 184 Å². The predicted molar refractivity (Wildman–Crippen MR) is 119 cm³/mol. The average molecular weight is 476 g/mol. The van der Waals surface area contributed by atoms with Gasteiger partial charge in [-0.25, -0.2) is 0 Å². The molecule has 0 saturated carbocycles. The fourth-order valence-corrected chi connectivity index (χ4v) is 2.99. The summed E-state index contributed by atoms with van der Waals surface area (Å²) in [7, 11) is 0. The SMILES string of the molecule is Cc1ccc(NC(=O)CCC(=O)NNC(=O)c2ccc(OC(C)C)c(Br)c2)cc1C. The summed E-state index contributed by atoms with van der Waals surface area (Å²) in [4.78, 5) is 36.2. The minimum absolute atomic E-state index is 0.00140. The number of benzene rings is 2. The molecular weight excluding hydrogens is 450 g/mol. The Kier molecular flexibility index (Phi) is 8.41. The van der Waals surface area contributed by atoms with Gasteiger partial charge in [-0.2, -0.15) is 0 Å². The molecule has 0 atom stereocenters. The number of anilines is 1. The molecule has 30 heavy (non-hydrogen) atoms. The second kappa shape index (κ2) is 10.8. The maximum atomic E-state index is 12.2. The molecule has 0 unspecified atom stereocenters. The smallest absolute Gasteiger partial charge is 0.269 e. The van der Waals surface area contributed by atoms with Gasteiger partial charge in [0, 0.05) is 24.1 Å². The highest BCUT2D eigenvalue weighted by Gasteiger charge is 2.12. The Hall–Kier alpha value is -2.87. The molecule has 160 valence electrons. The van der Waals surface area contributed by atoms with Crippen LogP contribution in [0.2, 0.25) is 0 Å². The van der Waals surface area contributed by atoms with Gasteiger partial charge >= 0.3 is 0 Å². The van der Waals surface area contributed by atoms with Crippen LogP contribution in [0.3, 0.4) is 0 Å². The van der Waals surface area contributed by atoms with E-state index in [1.54, 1.807) is 18.2 Å². The van der Waals surface area contributed by atoms with Crippen LogP contribution < -0.4 is 20.9 Å². The molecule has 0 fully saturated rings. The van der Waals surface area contributed by atoms with E-state index in [0.29, 0.717) is 21.5 Å². The monoisotopic (exact) mass is 475 g/mol. The Morgan fingerprint density at radius 2 is 1.63 bits per heavy atom.